The van der Waals surface area contributed by atoms with Crippen LogP contribution in [0, 0.1) is 5.92 Å². The molecule has 0 aliphatic carbocycles. The maximum absolute atomic E-state index is 10.8. The molecule has 1 spiro atoms. The van der Waals surface area contributed by atoms with E-state index in [-0.39, 0.29) is 11.5 Å². The number of amides is 1. The third kappa shape index (κ3) is 2.74. The standard InChI is InChI=1S/C12H22N2O2/c1-14-6-4-12(5-7-14)3-2-10(9-16-12)8-11(13)15/h10H,2-9H2,1H3,(H2,13,15)/t10-/m0/s1. The van der Waals surface area contributed by atoms with Gasteiger partial charge in [0.05, 0.1) is 12.2 Å². The molecule has 2 heterocycles. The van der Waals surface area contributed by atoms with E-state index in [1.807, 2.05) is 0 Å². The van der Waals surface area contributed by atoms with Gasteiger partial charge in [-0.1, -0.05) is 0 Å². The Morgan fingerprint density at radius 1 is 1.44 bits per heavy atom. The maximum Gasteiger partial charge on any atom is 0.217 e. The van der Waals surface area contributed by atoms with Gasteiger partial charge in [-0.05, 0) is 38.6 Å². The smallest absolute Gasteiger partial charge is 0.217 e. The van der Waals surface area contributed by atoms with E-state index in [0.717, 1.165) is 38.8 Å². The Bertz CT molecular complexity index is 250. The number of carbonyl (C=O) groups excluding carboxylic acids is 1. The van der Waals surface area contributed by atoms with E-state index in [0.29, 0.717) is 18.9 Å². The Kier molecular flexibility index (Phi) is 3.50. The van der Waals surface area contributed by atoms with Crippen molar-refractivity contribution in [2.45, 2.75) is 37.7 Å². The number of hydrogen-bond acceptors (Lipinski definition) is 3. The van der Waals surface area contributed by atoms with Crippen molar-refractivity contribution in [3.05, 3.63) is 0 Å². The molecule has 92 valence electrons. The molecule has 4 heteroatoms. The van der Waals surface area contributed by atoms with Crippen molar-refractivity contribution in [1.29, 1.82) is 0 Å². The molecule has 0 bridgehead atoms. The minimum atomic E-state index is -0.201. The molecule has 1 atom stereocenters. The highest BCUT2D eigenvalue weighted by Crippen LogP contribution is 2.37. The lowest BCUT2D eigenvalue weighted by Crippen LogP contribution is -2.48. The summed E-state index contributed by atoms with van der Waals surface area (Å²) in [4.78, 5) is 13.2. The summed E-state index contributed by atoms with van der Waals surface area (Å²) >= 11 is 0. The summed E-state index contributed by atoms with van der Waals surface area (Å²) in [5, 5.41) is 0. The van der Waals surface area contributed by atoms with Crippen molar-refractivity contribution in [2.75, 3.05) is 26.7 Å². The molecule has 0 aromatic heterocycles. The van der Waals surface area contributed by atoms with E-state index in [2.05, 4.69) is 11.9 Å². The van der Waals surface area contributed by atoms with E-state index in [4.69, 9.17) is 10.5 Å². The van der Waals surface area contributed by atoms with Crippen LogP contribution in [0.3, 0.4) is 0 Å². The molecule has 2 N–H and O–H groups in total. The van der Waals surface area contributed by atoms with Crippen LogP contribution in [0.2, 0.25) is 0 Å². The third-order valence-corrected chi connectivity index (χ3v) is 4.02. The molecule has 1 amide bonds. The first kappa shape index (κ1) is 11.9. The summed E-state index contributed by atoms with van der Waals surface area (Å²) in [6.45, 7) is 2.97. The zero-order chi connectivity index (χ0) is 11.6. The summed E-state index contributed by atoms with van der Waals surface area (Å²) in [6, 6.07) is 0. The van der Waals surface area contributed by atoms with Crippen LogP contribution in [0.5, 0.6) is 0 Å². The van der Waals surface area contributed by atoms with E-state index < -0.39 is 0 Å². The fraction of sp³-hybridized carbons (Fsp3) is 0.917. The summed E-state index contributed by atoms with van der Waals surface area (Å²) < 4.78 is 6.03. The first-order chi connectivity index (χ1) is 7.60. The number of nitrogens with two attached hydrogens (primary N) is 1. The Balaban J connectivity index is 1.82. The van der Waals surface area contributed by atoms with Gasteiger partial charge in [-0.2, -0.15) is 0 Å². The highest BCUT2D eigenvalue weighted by atomic mass is 16.5. The third-order valence-electron chi connectivity index (χ3n) is 4.02. The number of primary amides is 1. The molecule has 0 unspecified atom stereocenters. The van der Waals surface area contributed by atoms with Gasteiger partial charge in [0.25, 0.3) is 0 Å². The van der Waals surface area contributed by atoms with E-state index in [1.165, 1.54) is 0 Å². The molecule has 0 saturated carbocycles. The summed E-state index contributed by atoms with van der Waals surface area (Å²) in [5.41, 5.74) is 5.32. The van der Waals surface area contributed by atoms with Crippen molar-refractivity contribution in [3.8, 4) is 0 Å². The second-order valence-electron chi connectivity index (χ2n) is 5.37. The molecular formula is C12H22N2O2. The van der Waals surface area contributed by atoms with Crippen LogP contribution in [-0.4, -0.2) is 43.2 Å². The van der Waals surface area contributed by atoms with E-state index in [9.17, 15) is 4.79 Å². The molecular weight excluding hydrogens is 204 g/mol. The molecule has 2 rings (SSSR count). The molecule has 2 aliphatic heterocycles. The Morgan fingerprint density at radius 2 is 2.12 bits per heavy atom. The van der Waals surface area contributed by atoms with Gasteiger partial charge in [-0.25, -0.2) is 0 Å². The van der Waals surface area contributed by atoms with Gasteiger partial charge >= 0.3 is 0 Å². The number of likely N-dealkylation sites (tertiary alicyclic amines) is 1. The highest BCUT2D eigenvalue weighted by Gasteiger charge is 2.38. The summed E-state index contributed by atoms with van der Waals surface area (Å²) in [6.07, 6.45) is 4.93. The van der Waals surface area contributed by atoms with Gasteiger partial charge in [-0.15, -0.1) is 0 Å². The molecule has 0 aromatic carbocycles. The number of rotatable bonds is 2. The zero-order valence-corrected chi connectivity index (χ0v) is 10.1. The lowest BCUT2D eigenvalue weighted by Gasteiger charge is -2.44. The second kappa shape index (κ2) is 4.72. The average molecular weight is 226 g/mol. The van der Waals surface area contributed by atoms with Gasteiger partial charge in [0.2, 0.25) is 5.91 Å². The van der Waals surface area contributed by atoms with E-state index in [1.54, 1.807) is 0 Å². The topological polar surface area (TPSA) is 55.6 Å². The second-order valence-corrected chi connectivity index (χ2v) is 5.37. The predicted octanol–water partition coefficient (Wildman–Crippen LogP) is 0.753. The fourth-order valence-corrected chi connectivity index (χ4v) is 2.78. The van der Waals surface area contributed by atoms with Gasteiger partial charge in [0.15, 0.2) is 0 Å². The first-order valence-corrected chi connectivity index (χ1v) is 6.20. The number of nitrogens with zero attached hydrogens (tertiary/aromatic N) is 1. The van der Waals surface area contributed by atoms with Crippen molar-refractivity contribution in [1.82, 2.24) is 4.90 Å². The largest absolute Gasteiger partial charge is 0.375 e. The molecule has 16 heavy (non-hydrogen) atoms. The summed E-state index contributed by atoms with van der Waals surface area (Å²) in [5.74, 6) is 0.149. The lowest BCUT2D eigenvalue weighted by atomic mass is 9.81. The quantitative estimate of drug-likeness (QED) is 0.756. The molecule has 2 aliphatic rings. The number of carbonyl (C=O) groups is 1. The average Bonchev–Trinajstić information content (AvgIpc) is 2.26. The highest BCUT2D eigenvalue weighted by molar-refractivity contribution is 5.74. The SMILES string of the molecule is CN1CCC2(CC[C@@H](CC(N)=O)CO2)CC1. The molecule has 0 aromatic rings. The first-order valence-electron chi connectivity index (χ1n) is 6.20. The minimum Gasteiger partial charge on any atom is -0.375 e. The van der Waals surface area contributed by atoms with Crippen LogP contribution < -0.4 is 5.73 Å². The van der Waals surface area contributed by atoms with Crippen LogP contribution in [0.1, 0.15) is 32.1 Å². The van der Waals surface area contributed by atoms with Crippen LogP contribution in [-0.2, 0) is 9.53 Å². The summed E-state index contributed by atoms with van der Waals surface area (Å²) in [7, 11) is 2.16. The lowest BCUT2D eigenvalue weighted by molar-refractivity contribution is -0.136. The van der Waals surface area contributed by atoms with Gasteiger partial charge in [-0.3, -0.25) is 4.79 Å². The van der Waals surface area contributed by atoms with Crippen molar-refractivity contribution >= 4 is 5.91 Å². The van der Waals surface area contributed by atoms with Crippen LogP contribution in [0.4, 0.5) is 0 Å². The van der Waals surface area contributed by atoms with Crippen molar-refractivity contribution in [3.63, 3.8) is 0 Å². The maximum atomic E-state index is 10.8. The Labute approximate surface area is 97.1 Å². The fourth-order valence-electron chi connectivity index (χ4n) is 2.78. The van der Waals surface area contributed by atoms with Crippen molar-refractivity contribution < 1.29 is 9.53 Å². The molecule has 4 nitrogen and oxygen atoms in total. The Hall–Kier alpha value is -0.610. The van der Waals surface area contributed by atoms with Crippen LogP contribution in [0.25, 0.3) is 0 Å². The van der Waals surface area contributed by atoms with E-state index >= 15 is 0 Å². The monoisotopic (exact) mass is 226 g/mol. The van der Waals surface area contributed by atoms with Crippen LogP contribution >= 0.6 is 0 Å². The minimum absolute atomic E-state index is 0.112. The zero-order valence-electron chi connectivity index (χ0n) is 10.1. The van der Waals surface area contributed by atoms with Crippen LogP contribution in [0.15, 0.2) is 0 Å². The molecule has 2 saturated heterocycles. The number of hydrogen-bond donors (Lipinski definition) is 1. The van der Waals surface area contributed by atoms with Gasteiger partial charge < -0.3 is 15.4 Å². The van der Waals surface area contributed by atoms with Crippen molar-refractivity contribution in [2.24, 2.45) is 11.7 Å². The van der Waals surface area contributed by atoms with Gasteiger partial charge in [0.1, 0.15) is 0 Å². The number of piperidine rings is 1. The molecule has 2 fully saturated rings. The molecule has 0 radical (unpaired) electrons. The number of ether oxygens (including phenoxy) is 1. The predicted molar refractivity (Wildman–Crippen MR) is 61.9 cm³/mol. The normalized spacial score (nSPS) is 30.4. The van der Waals surface area contributed by atoms with Gasteiger partial charge in [0, 0.05) is 19.5 Å². The Morgan fingerprint density at radius 3 is 2.62 bits per heavy atom.